The average molecular weight is 546 g/mol. The molecule has 2 aliphatic rings. The third-order valence-corrected chi connectivity index (χ3v) is 30.5. The summed E-state index contributed by atoms with van der Waals surface area (Å²) in [6.07, 6.45) is 11.2. The molecular weight excluding hydrogens is 518 g/mol. The second kappa shape index (κ2) is 8.66. The van der Waals surface area contributed by atoms with E-state index in [1.165, 1.54) is 12.0 Å². The average Bonchev–Trinajstić information content (AvgIpc) is 3.06. The van der Waals surface area contributed by atoms with E-state index in [0.29, 0.717) is 5.41 Å². The zero-order valence-corrected chi connectivity index (χ0v) is 21.4. The first-order valence-corrected chi connectivity index (χ1v) is 20.0. The fourth-order valence-corrected chi connectivity index (χ4v) is 28.8. The van der Waals surface area contributed by atoms with Gasteiger partial charge in [-0.05, 0) is 0 Å². The van der Waals surface area contributed by atoms with Crippen LogP contribution in [0.5, 0.6) is 0 Å². The van der Waals surface area contributed by atoms with Crippen LogP contribution < -0.4 is 0 Å². The summed E-state index contributed by atoms with van der Waals surface area (Å²) in [5.41, 5.74) is 4.88. The van der Waals surface area contributed by atoms with E-state index in [4.69, 9.17) is 0 Å². The van der Waals surface area contributed by atoms with Crippen LogP contribution in [0.25, 0.3) is 6.08 Å². The zero-order valence-electron chi connectivity index (χ0n) is 15.2. The monoisotopic (exact) mass is 546 g/mol. The molecule has 0 aliphatic heterocycles. The maximum absolute atomic E-state index is 2.57. The van der Waals surface area contributed by atoms with Gasteiger partial charge >= 0.3 is 144 Å². The minimum atomic E-state index is -1.81. The zero-order chi connectivity index (χ0) is 15.9. The van der Waals surface area contributed by atoms with Crippen LogP contribution in [0.15, 0.2) is 51.4 Å². The normalized spacial score (nSPS) is 18.1. The van der Waals surface area contributed by atoms with Crippen molar-refractivity contribution in [3.8, 4) is 0 Å². The van der Waals surface area contributed by atoms with Gasteiger partial charge < -0.3 is 0 Å². The third-order valence-electron chi connectivity index (χ3n) is 4.82. The summed E-state index contributed by atoms with van der Waals surface area (Å²) in [4.78, 5) is 0. The fraction of sp³-hybridized carbons (Fsp3) is 0.400. The quantitative estimate of drug-likeness (QED) is 0.362. The molecule has 0 nitrogen and oxygen atoms in total. The van der Waals surface area contributed by atoms with E-state index in [-0.39, 0.29) is 30.3 Å². The van der Waals surface area contributed by atoms with Gasteiger partial charge in [-0.2, -0.15) is 0 Å². The molecule has 24 heavy (non-hydrogen) atoms. The Hall–Kier alpha value is 0.107. The van der Waals surface area contributed by atoms with E-state index in [9.17, 15) is 0 Å². The summed E-state index contributed by atoms with van der Waals surface area (Å²) >= 11 is -1.81. The molecule has 0 heterocycles. The maximum Gasteiger partial charge on any atom is -0.147 e. The van der Waals surface area contributed by atoms with Gasteiger partial charge in [-0.1, -0.05) is 0 Å². The Balaban J connectivity index is 0.00000144. The summed E-state index contributed by atoms with van der Waals surface area (Å²) in [5.74, 6) is 0. The molecule has 2 aliphatic carbocycles. The standard InChI is InChI=1S/C9H7.C9H13.C2H6Si.2ClH.Hf/c1-2-5-9-7-3-6-8(9)4-1;1-9(2,3)8-6-4-5-7-8;1-3-2;;;/h1-7H;4,6H,7H2,1-3H3;1-2H3;2*1H;. The third kappa shape index (κ3) is 4.44. The van der Waals surface area contributed by atoms with E-state index in [1.807, 2.05) is 3.33 Å². The fourth-order valence-electron chi connectivity index (χ4n) is 3.56. The Bertz CT molecular complexity index is 732. The van der Waals surface area contributed by atoms with Crippen LogP contribution >= 0.6 is 24.8 Å². The molecule has 0 fully saturated rings. The van der Waals surface area contributed by atoms with Gasteiger partial charge in [-0.25, -0.2) is 0 Å². The van der Waals surface area contributed by atoms with Crippen molar-refractivity contribution in [1.29, 1.82) is 0 Å². The van der Waals surface area contributed by atoms with Gasteiger partial charge in [0.05, 0.1) is 0 Å². The molecular formula is C20H28Cl2HfSi. The molecule has 0 saturated heterocycles. The van der Waals surface area contributed by atoms with E-state index in [1.54, 1.807) is 11.1 Å². The molecule has 0 amide bonds. The summed E-state index contributed by atoms with van der Waals surface area (Å²) in [5, 5.41) is 0. The summed E-state index contributed by atoms with van der Waals surface area (Å²) in [6.45, 7) is 12.2. The van der Waals surface area contributed by atoms with Crippen molar-refractivity contribution in [3.63, 3.8) is 0 Å². The molecule has 1 aromatic carbocycles. The van der Waals surface area contributed by atoms with E-state index in [0.717, 1.165) is 3.67 Å². The van der Waals surface area contributed by atoms with Gasteiger partial charge in [0.25, 0.3) is 0 Å². The summed E-state index contributed by atoms with van der Waals surface area (Å²) < 4.78 is 2.67. The predicted molar refractivity (Wildman–Crippen MR) is 110 cm³/mol. The SMILES string of the molecule is C[Si](C)=[Hf]([C]1=CC=C(C(C)(C)C)C1)[CH]1C=Cc2ccccc21.Cl.Cl. The van der Waals surface area contributed by atoms with Gasteiger partial charge in [-0.3, -0.25) is 0 Å². The van der Waals surface area contributed by atoms with Gasteiger partial charge in [0, 0.05) is 0 Å². The first-order chi connectivity index (χ1) is 10.4. The number of benzene rings is 1. The van der Waals surface area contributed by atoms with Gasteiger partial charge in [0.1, 0.15) is 0 Å². The van der Waals surface area contributed by atoms with Crippen LogP contribution in [0.3, 0.4) is 0 Å². The van der Waals surface area contributed by atoms with Crippen molar-refractivity contribution in [2.45, 2.75) is 44.0 Å². The van der Waals surface area contributed by atoms with Crippen LogP contribution in [-0.4, -0.2) is 5.49 Å². The van der Waals surface area contributed by atoms with Crippen molar-refractivity contribution in [2.24, 2.45) is 5.41 Å². The molecule has 0 saturated carbocycles. The molecule has 130 valence electrons. The van der Waals surface area contributed by atoms with Crippen LogP contribution in [0.1, 0.15) is 42.0 Å². The van der Waals surface area contributed by atoms with Crippen molar-refractivity contribution in [1.82, 2.24) is 0 Å². The number of fused-ring (bicyclic) bond motifs is 1. The first kappa shape index (κ1) is 22.1. The van der Waals surface area contributed by atoms with Crippen molar-refractivity contribution >= 4 is 36.4 Å². The Morgan fingerprint density at radius 1 is 1.04 bits per heavy atom. The summed E-state index contributed by atoms with van der Waals surface area (Å²) in [6, 6.07) is 9.06. The topological polar surface area (TPSA) is 0 Å². The molecule has 1 unspecified atom stereocenters. The smallest absolute Gasteiger partial charge is 0.147 e. The van der Waals surface area contributed by atoms with Gasteiger partial charge in [0.2, 0.25) is 0 Å². The Labute approximate surface area is 167 Å². The van der Waals surface area contributed by atoms with E-state index in [2.05, 4.69) is 82.4 Å². The number of halogens is 2. The first-order valence-electron chi connectivity index (χ1n) is 8.23. The van der Waals surface area contributed by atoms with Gasteiger partial charge in [-0.15, -0.1) is 24.8 Å². The molecule has 0 bridgehead atoms. The molecule has 3 rings (SSSR count). The molecule has 1 atom stereocenters. The van der Waals surface area contributed by atoms with Crippen LogP contribution in [0, 0.1) is 5.41 Å². The predicted octanol–water partition coefficient (Wildman–Crippen LogP) is 6.73. The second-order valence-corrected chi connectivity index (χ2v) is 32.4. The Morgan fingerprint density at radius 2 is 1.71 bits per heavy atom. The largest absolute Gasteiger partial charge is 0.147 e. The minimum Gasteiger partial charge on any atom is -0.147 e. The Morgan fingerprint density at radius 3 is 2.29 bits per heavy atom. The van der Waals surface area contributed by atoms with Crippen LogP contribution in [-0.2, 0) is 20.1 Å². The second-order valence-electron chi connectivity index (χ2n) is 7.69. The van der Waals surface area contributed by atoms with Crippen molar-refractivity contribution in [2.75, 3.05) is 0 Å². The molecule has 0 aromatic heterocycles. The molecule has 4 heteroatoms. The van der Waals surface area contributed by atoms with Gasteiger partial charge in [0.15, 0.2) is 0 Å². The van der Waals surface area contributed by atoms with Crippen LogP contribution in [0.4, 0.5) is 0 Å². The molecule has 0 N–H and O–H groups in total. The molecule has 1 aromatic rings. The van der Waals surface area contributed by atoms with E-state index < -0.39 is 20.1 Å². The Kier molecular flexibility index (Phi) is 7.99. The molecule has 0 spiro atoms. The van der Waals surface area contributed by atoms with Crippen molar-refractivity contribution < 1.29 is 20.1 Å². The maximum atomic E-state index is 2.57. The number of hydrogen-bond acceptors (Lipinski definition) is 0. The van der Waals surface area contributed by atoms with Crippen LogP contribution in [0.2, 0.25) is 13.1 Å². The summed E-state index contributed by atoms with van der Waals surface area (Å²) in [7, 11) is 0. The van der Waals surface area contributed by atoms with E-state index >= 15 is 0 Å². The van der Waals surface area contributed by atoms with Crippen molar-refractivity contribution in [3.05, 3.63) is 62.5 Å². The number of hydrogen-bond donors (Lipinski definition) is 0. The molecule has 0 radical (unpaired) electrons. The number of rotatable bonds is 2. The minimum absolute atomic E-state index is 0. The number of allylic oxidation sites excluding steroid dienone is 5.